The van der Waals surface area contributed by atoms with Crippen molar-refractivity contribution in [1.82, 2.24) is 5.32 Å². The third kappa shape index (κ3) is 6.71. The Bertz CT molecular complexity index is 658. The summed E-state index contributed by atoms with van der Waals surface area (Å²) in [6, 6.07) is 4.91. The highest BCUT2D eigenvalue weighted by Crippen LogP contribution is 2.22. The third-order valence-corrected chi connectivity index (χ3v) is 4.74. The summed E-state index contributed by atoms with van der Waals surface area (Å²) in [6.45, 7) is 2.13. The van der Waals surface area contributed by atoms with E-state index in [1.54, 1.807) is 25.1 Å². The van der Waals surface area contributed by atoms with Gasteiger partial charge >= 0.3 is 5.97 Å². The van der Waals surface area contributed by atoms with Gasteiger partial charge in [-0.2, -0.15) is 0 Å². The van der Waals surface area contributed by atoms with E-state index in [0.29, 0.717) is 22.2 Å². The summed E-state index contributed by atoms with van der Waals surface area (Å²) in [7, 11) is 0. The van der Waals surface area contributed by atoms with Gasteiger partial charge in [0.15, 0.2) is 6.10 Å². The largest absolute Gasteiger partial charge is 0.452 e. The van der Waals surface area contributed by atoms with E-state index in [2.05, 4.69) is 11.4 Å². The van der Waals surface area contributed by atoms with Crippen molar-refractivity contribution in [2.45, 2.75) is 51.6 Å². The Balaban J connectivity index is 1.73. The number of amides is 1. The molecule has 1 amide bonds. The molecule has 0 unspecified atom stereocenters. The number of allylic oxidation sites excluding steroid dienone is 1. The van der Waals surface area contributed by atoms with Gasteiger partial charge in [-0.25, -0.2) is 0 Å². The molecule has 1 aliphatic carbocycles. The lowest BCUT2D eigenvalue weighted by Crippen LogP contribution is -2.36. The van der Waals surface area contributed by atoms with Crippen LogP contribution >= 0.6 is 23.2 Å². The van der Waals surface area contributed by atoms with Gasteiger partial charge in [0.05, 0.1) is 6.42 Å². The second-order valence-corrected chi connectivity index (χ2v) is 7.04. The van der Waals surface area contributed by atoms with Crippen molar-refractivity contribution in [3.8, 4) is 0 Å². The predicted molar refractivity (Wildman–Crippen MR) is 99.9 cm³/mol. The molecular formula is C19H23Cl2NO3. The first-order valence-electron chi connectivity index (χ1n) is 8.54. The van der Waals surface area contributed by atoms with Gasteiger partial charge in [0.25, 0.3) is 5.91 Å². The van der Waals surface area contributed by atoms with Gasteiger partial charge in [-0.1, -0.05) is 40.9 Å². The molecule has 0 heterocycles. The minimum atomic E-state index is -0.834. The molecule has 1 aromatic carbocycles. The molecule has 0 spiro atoms. The van der Waals surface area contributed by atoms with E-state index in [-0.39, 0.29) is 12.3 Å². The molecule has 2 rings (SSSR count). The van der Waals surface area contributed by atoms with Crippen LogP contribution in [-0.4, -0.2) is 24.5 Å². The Kier molecular flexibility index (Phi) is 7.79. The summed E-state index contributed by atoms with van der Waals surface area (Å²) in [6.07, 6.45) is 7.00. The summed E-state index contributed by atoms with van der Waals surface area (Å²) < 4.78 is 5.19. The van der Waals surface area contributed by atoms with Crippen LogP contribution in [0.4, 0.5) is 0 Å². The Labute approximate surface area is 158 Å². The highest BCUT2D eigenvalue weighted by atomic mass is 35.5. The van der Waals surface area contributed by atoms with Gasteiger partial charge in [-0.05, 0) is 56.7 Å². The fourth-order valence-electron chi connectivity index (χ4n) is 2.73. The summed E-state index contributed by atoms with van der Waals surface area (Å²) >= 11 is 11.9. The van der Waals surface area contributed by atoms with Gasteiger partial charge in [-0.15, -0.1) is 0 Å². The molecule has 1 aliphatic rings. The van der Waals surface area contributed by atoms with Crippen LogP contribution in [0.1, 0.15) is 44.6 Å². The zero-order valence-corrected chi connectivity index (χ0v) is 15.8. The molecule has 1 aromatic rings. The minimum absolute atomic E-state index is 0.000504. The molecule has 0 bridgehead atoms. The second-order valence-electron chi connectivity index (χ2n) is 6.19. The van der Waals surface area contributed by atoms with Gasteiger partial charge in [0.1, 0.15) is 0 Å². The van der Waals surface area contributed by atoms with E-state index in [4.69, 9.17) is 27.9 Å². The molecule has 0 aromatic heterocycles. The maximum absolute atomic E-state index is 12.0. The summed E-state index contributed by atoms with van der Waals surface area (Å²) in [5.41, 5.74) is 2.02. The predicted octanol–water partition coefficient (Wildman–Crippen LogP) is 4.47. The monoisotopic (exact) mass is 383 g/mol. The van der Waals surface area contributed by atoms with Gasteiger partial charge in [-0.3, -0.25) is 9.59 Å². The van der Waals surface area contributed by atoms with Crippen molar-refractivity contribution in [2.24, 2.45) is 0 Å². The maximum Gasteiger partial charge on any atom is 0.311 e. The van der Waals surface area contributed by atoms with Crippen LogP contribution < -0.4 is 5.32 Å². The quantitative estimate of drug-likeness (QED) is 0.557. The Morgan fingerprint density at radius 2 is 2.08 bits per heavy atom. The van der Waals surface area contributed by atoms with E-state index in [9.17, 15) is 9.59 Å². The lowest BCUT2D eigenvalue weighted by molar-refractivity contribution is -0.154. The van der Waals surface area contributed by atoms with E-state index in [1.165, 1.54) is 18.4 Å². The Morgan fingerprint density at radius 1 is 1.28 bits per heavy atom. The lowest BCUT2D eigenvalue weighted by atomic mass is 9.97. The second kappa shape index (κ2) is 9.83. The molecule has 1 N–H and O–H groups in total. The van der Waals surface area contributed by atoms with Crippen molar-refractivity contribution in [2.75, 3.05) is 6.54 Å². The first-order chi connectivity index (χ1) is 12.0. The van der Waals surface area contributed by atoms with Gasteiger partial charge in [0.2, 0.25) is 0 Å². The fraction of sp³-hybridized carbons (Fsp3) is 0.474. The highest BCUT2D eigenvalue weighted by molar-refractivity contribution is 6.35. The summed E-state index contributed by atoms with van der Waals surface area (Å²) in [5.74, 6) is -0.783. The lowest BCUT2D eigenvalue weighted by Gasteiger charge is -2.16. The topological polar surface area (TPSA) is 55.4 Å². The molecule has 4 nitrogen and oxygen atoms in total. The standard InChI is InChI=1S/C19H23Cl2NO3/c1-13(19(24)22-10-9-14-5-3-2-4-6-14)25-18(23)11-15-7-8-16(20)12-17(15)21/h5,7-8,12-13H,2-4,6,9-11H2,1H3,(H,22,24)/t13-/m0/s1. The van der Waals surface area contributed by atoms with E-state index < -0.39 is 12.1 Å². The number of nitrogens with one attached hydrogen (secondary N) is 1. The zero-order chi connectivity index (χ0) is 18.2. The molecule has 0 saturated heterocycles. The minimum Gasteiger partial charge on any atom is -0.452 e. The SMILES string of the molecule is C[C@H](OC(=O)Cc1ccc(Cl)cc1Cl)C(=O)NCCC1=CCCCC1. The van der Waals surface area contributed by atoms with Crippen LogP contribution in [0.2, 0.25) is 10.0 Å². The molecule has 0 fully saturated rings. The van der Waals surface area contributed by atoms with Crippen molar-refractivity contribution in [3.63, 3.8) is 0 Å². The average Bonchev–Trinajstić information content (AvgIpc) is 2.58. The number of rotatable bonds is 7. The molecule has 0 radical (unpaired) electrons. The van der Waals surface area contributed by atoms with Crippen LogP contribution in [0.3, 0.4) is 0 Å². The number of carbonyl (C=O) groups excluding carboxylic acids is 2. The molecule has 25 heavy (non-hydrogen) atoms. The van der Waals surface area contributed by atoms with Crippen molar-refractivity contribution in [3.05, 3.63) is 45.5 Å². The molecule has 1 atom stereocenters. The smallest absolute Gasteiger partial charge is 0.311 e. The molecule has 0 aliphatic heterocycles. The Morgan fingerprint density at radius 3 is 2.76 bits per heavy atom. The average molecular weight is 384 g/mol. The Hall–Kier alpha value is -1.52. The first kappa shape index (κ1) is 19.8. The first-order valence-corrected chi connectivity index (χ1v) is 9.30. The van der Waals surface area contributed by atoms with E-state index in [1.807, 2.05) is 0 Å². The van der Waals surface area contributed by atoms with Gasteiger partial charge in [0, 0.05) is 16.6 Å². The van der Waals surface area contributed by atoms with Crippen molar-refractivity contribution < 1.29 is 14.3 Å². The van der Waals surface area contributed by atoms with Crippen LogP contribution in [-0.2, 0) is 20.7 Å². The molecule has 0 saturated carbocycles. The van der Waals surface area contributed by atoms with Crippen LogP contribution in [0, 0.1) is 0 Å². The molecule has 6 heteroatoms. The van der Waals surface area contributed by atoms with Crippen LogP contribution in [0.15, 0.2) is 29.8 Å². The van der Waals surface area contributed by atoms with E-state index in [0.717, 1.165) is 19.3 Å². The van der Waals surface area contributed by atoms with Gasteiger partial charge < -0.3 is 10.1 Å². The summed E-state index contributed by atoms with van der Waals surface area (Å²) in [5, 5.41) is 3.72. The number of benzene rings is 1. The number of hydrogen-bond acceptors (Lipinski definition) is 3. The van der Waals surface area contributed by atoms with Crippen LogP contribution in [0.25, 0.3) is 0 Å². The highest BCUT2D eigenvalue weighted by Gasteiger charge is 2.18. The van der Waals surface area contributed by atoms with Crippen molar-refractivity contribution >= 4 is 35.1 Å². The number of hydrogen-bond donors (Lipinski definition) is 1. The zero-order valence-electron chi connectivity index (χ0n) is 14.3. The van der Waals surface area contributed by atoms with Crippen LogP contribution in [0.5, 0.6) is 0 Å². The van der Waals surface area contributed by atoms with E-state index >= 15 is 0 Å². The third-order valence-electron chi connectivity index (χ3n) is 4.16. The number of ether oxygens (including phenoxy) is 1. The number of carbonyl (C=O) groups is 2. The van der Waals surface area contributed by atoms with Crippen molar-refractivity contribution in [1.29, 1.82) is 0 Å². The normalized spacial score (nSPS) is 15.2. The molecule has 136 valence electrons. The maximum atomic E-state index is 12.0. The fourth-order valence-corrected chi connectivity index (χ4v) is 3.21. The number of esters is 1. The molecular weight excluding hydrogens is 361 g/mol. The summed E-state index contributed by atoms with van der Waals surface area (Å²) in [4.78, 5) is 24.0. The number of halogens is 2.